The molecule has 13 heteroatoms. The van der Waals surface area contributed by atoms with Crippen molar-refractivity contribution in [2.75, 3.05) is 0 Å². The molecule has 0 aromatic carbocycles. The Morgan fingerprint density at radius 1 is 0.368 bits per heavy atom. The molecule has 0 saturated heterocycles. The van der Waals surface area contributed by atoms with Gasteiger partial charge >= 0.3 is 11.9 Å². The van der Waals surface area contributed by atoms with Crippen molar-refractivity contribution in [1.82, 2.24) is 20.6 Å². The number of hydrogen-bond donors (Lipinski definition) is 6. The maximum atomic E-state index is 13.2. The molecule has 0 aliphatic carbocycles. The van der Waals surface area contributed by atoms with E-state index in [1.807, 2.05) is 13.8 Å². The Labute approximate surface area is 531 Å². The van der Waals surface area contributed by atoms with Crippen LogP contribution in [0.4, 0.5) is 0 Å². The summed E-state index contributed by atoms with van der Waals surface area (Å²) in [4.78, 5) is 54.9. The first-order chi connectivity index (χ1) is 41.5. The molecule has 2 aromatic rings. The third kappa shape index (κ3) is 11.0. The number of carboxylic acids is 2. The molecule has 0 saturated carbocycles. The monoisotopic (exact) mass is 1360 g/mol. The van der Waals surface area contributed by atoms with Crippen LogP contribution in [-0.2, 0) is 56.3 Å². The van der Waals surface area contributed by atoms with E-state index < -0.39 is 34.9 Å². The van der Waals surface area contributed by atoms with Crippen LogP contribution >= 0.6 is 0 Å². The molecule has 8 aliphatic heterocycles. The van der Waals surface area contributed by atoms with Crippen molar-refractivity contribution in [2.45, 2.75) is 226 Å². The molecular formula is C74H96N8O4Pt. The Balaban J connectivity index is 0.000000223. The minimum atomic E-state index is -1.06. The zero-order valence-corrected chi connectivity index (χ0v) is 57.2. The maximum absolute atomic E-state index is 13.2. The van der Waals surface area contributed by atoms with Crippen molar-refractivity contribution in [3.63, 3.8) is 0 Å². The van der Waals surface area contributed by atoms with Gasteiger partial charge in [0.15, 0.2) is 0 Å². The van der Waals surface area contributed by atoms with Crippen LogP contribution in [0.3, 0.4) is 0 Å². The number of nitrogens with zero attached hydrogens (tertiary/aromatic N) is 4. The predicted molar refractivity (Wildman–Crippen MR) is 357 cm³/mol. The second kappa shape index (κ2) is 27.4. The van der Waals surface area contributed by atoms with Crippen LogP contribution in [0, 0.1) is 10.8 Å². The number of fused-ring (bicyclic) bond motifs is 12. The standard InChI is InChI=1S/2C37H48N4O2.Pt/c2*1-9-21-22(10-2)29-18-31-25(13-5)26(14-6)33(40-31)20-35-37(16-8,36(42)43)27(15-7)34(41-35)19-32-24(12-4)23(11-3)30(39-32)17-28(21)38-29;/h2*17-20,35,38,41H,9-16H2,1-8H3,(H,42,43);/b2*28-17-,29-18-,32-19-,33-20-;. The minimum absolute atomic E-state index is 0. The van der Waals surface area contributed by atoms with E-state index in [-0.39, 0.29) is 21.1 Å². The average Bonchev–Trinajstić information content (AvgIpc) is 1.82. The summed E-state index contributed by atoms with van der Waals surface area (Å²) in [6.45, 7) is 34.5. The Morgan fingerprint density at radius 3 is 0.839 bits per heavy atom. The van der Waals surface area contributed by atoms with Gasteiger partial charge in [0.2, 0.25) is 0 Å². The molecular weight excluding hydrogens is 1260 g/mol. The summed E-state index contributed by atoms with van der Waals surface area (Å²) < 4.78 is 0. The topological polar surface area (TPSA) is 180 Å². The van der Waals surface area contributed by atoms with Crippen LogP contribution in [0.1, 0.15) is 210 Å². The molecule has 16 bridgehead atoms. The van der Waals surface area contributed by atoms with Crippen LogP contribution in [-0.4, -0.2) is 67.1 Å². The summed E-state index contributed by atoms with van der Waals surface area (Å²) in [5.74, 6) is -1.58. The van der Waals surface area contributed by atoms with Gasteiger partial charge < -0.3 is 30.8 Å². The van der Waals surface area contributed by atoms with Crippen molar-refractivity contribution < 1.29 is 40.9 Å². The number of rotatable bonds is 18. The van der Waals surface area contributed by atoms with E-state index in [1.54, 1.807) is 0 Å². The van der Waals surface area contributed by atoms with E-state index in [1.165, 1.54) is 66.8 Å². The second-order valence-corrected chi connectivity index (χ2v) is 23.6. The van der Waals surface area contributed by atoms with Gasteiger partial charge in [-0.3, -0.25) is 9.59 Å². The first-order valence-corrected chi connectivity index (χ1v) is 33.0. The molecule has 10 rings (SSSR count). The first kappa shape index (κ1) is 66.3. The van der Waals surface area contributed by atoms with E-state index in [0.29, 0.717) is 25.7 Å². The molecule has 0 fully saturated rings. The molecule has 87 heavy (non-hydrogen) atoms. The molecule has 0 radical (unpaired) electrons. The number of allylic oxidation sites excluding steroid dienone is 10. The number of nitrogens with one attached hydrogen (secondary N) is 4. The van der Waals surface area contributed by atoms with Gasteiger partial charge in [-0.15, -0.1) is 0 Å². The zero-order valence-electron chi connectivity index (χ0n) is 54.9. The summed E-state index contributed by atoms with van der Waals surface area (Å²) in [5, 5.41) is 33.5. The van der Waals surface area contributed by atoms with E-state index in [0.717, 1.165) is 167 Å². The van der Waals surface area contributed by atoms with Gasteiger partial charge in [-0.25, -0.2) is 20.0 Å². The molecule has 0 amide bonds. The Morgan fingerprint density at radius 2 is 0.621 bits per heavy atom. The molecule has 2 aromatic heterocycles. The number of aliphatic carboxylic acids is 2. The van der Waals surface area contributed by atoms with Gasteiger partial charge in [-0.2, -0.15) is 0 Å². The molecule has 10 heterocycles. The van der Waals surface area contributed by atoms with Crippen LogP contribution in [0.15, 0.2) is 134 Å². The fourth-order valence-electron chi connectivity index (χ4n) is 15.9. The van der Waals surface area contributed by atoms with Gasteiger partial charge in [-0.1, -0.05) is 111 Å². The molecule has 0 spiro atoms. The van der Waals surface area contributed by atoms with Gasteiger partial charge in [0.05, 0.1) is 57.7 Å². The van der Waals surface area contributed by atoms with Crippen molar-refractivity contribution in [3.8, 4) is 0 Å². The van der Waals surface area contributed by atoms with Crippen molar-refractivity contribution in [2.24, 2.45) is 30.8 Å². The fourth-order valence-corrected chi connectivity index (χ4v) is 15.9. The predicted octanol–water partition coefficient (Wildman–Crippen LogP) is 13.5. The number of H-pyrrole nitrogens is 2. The van der Waals surface area contributed by atoms with Crippen LogP contribution in [0.2, 0.25) is 0 Å². The fraction of sp³-hybridized carbons (Fsp3) is 0.486. The summed E-state index contributed by atoms with van der Waals surface area (Å²) in [6.07, 6.45) is 30.2. The summed E-state index contributed by atoms with van der Waals surface area (Å²) in [6, 6.07) is -0.845. The SMILES string of the molecule is CCC1=C(CC)/C2=C/C3=C(CC)C(CC)(C(=O)O)C(/C=C4N=C(/C=c5\[nH]/c(c(CC)c5CC)=C\C1=N2)C(CC)=C\4CC)N3.CCC1=C(CC)/C2=C/C3=C(CC)C(CC)(C(=O)O)C(/C=C4N=C(/C=c5\[nH]/c(c(CC)c5CC)=C\C1=N2)C(CC)=C\4CC)N3.[Pt]. The number of hydrogen-bond acceptors (Lipinski definition) is 8. The smallest absolute Gasteiger partial charge is 0.316 e. The van der Waals surface area contributed by atoms with E-state index in [2.05, 4.69) is 166 Å². The number of carboxylic acid groups (broad SMARTS) is 2. The van der Waals surface area contributed by atoms with E-state index in [4.69, 9.17) is 20.0 Å². The summed E-state index contributed by atoms with van der Waals surface area (Å²) in [5.41, 5.74) is 24.4. The van der Waals surface area contributed by atoms with Gasteiger partial charge in [-0.05, 0) is 229 Å². The summed E-state index contributed by atoms with van der Waals surface area (Å²) in [7, 11) is 0. The normalized spacial score (nSPS) is 26.8. The number of aromatic amines is 2. The Hall–Kier alpha value is -6.65. The van der Waals surface area contributed by atoms with E-state index >= 15 is 0 Å². The second-order valence-electron chi connectivity index (χ2n) is 23.6. The minimum Gasteiger partial charge on any atom is -0.481 e. The number of carbonyl (C=O) groups is 2. The molecule has 8 aliphatic rings. The van der Waals surface area contributed by atoms with Crippen LogP contribution in [0.25, 0.3) is 24.3 Å². The third-order valence-electron chi connectivity index (χ3n) is 20.0. The van der Waals surface area contributed by atoms with Crippen molar-refractivity contribution in [1.29, 1.82) is 0 Å². The first-order valence-electron chi connectivity index (χ1n) is 33.0. The zero-order chi connectivity index (χ0) is 62.1. The van der Waals surface area contributed by atoms with Crippen LogP contribution < -0.4 is 32.0 Å². The molecule has 12 nitrogen and oxygen atoms in total. The largest absolute Gasteiger partial charge is 0.481 e. The third-order valence-corrected chi connectivity index (χ3v) is 20.0. The number of aromatic nitrogens is 2. The van der Waals surface area contributed by atoms with E-state index in [9.17, 15) is 19.8 Å². The molecule has 4 atom stereocenters. The Bertz CT molecular complexity index is 3660. The maximum Gasteiger partial charge on any atom is 0.316 e. The Kier molecular flexibility index (Phi) is 20.9. The van der Waals surface area contributed by atoms with Gasteiger partial charge in [0.25, 0.3) is 0 Å². The van der Waals surface area contributed by atoms with Gasteiger partial charge in [0.1, 0.15) is 10.8 Å². The van der Waals surface area contributed by atoms with Crippen molar-refractivity contribution in [3.05, 3.63) is 158 Å². The molecule has 6 N–H and O–H groups in total. The summed E-state index contributed by atoms with van der Waals surface area (Å²) >= 11 is 0. The van der Waals surface area contributed by atoms with Gasteiger partial charge in [0, 0.05) is 53.9 Å². The van der Waals surface area contributed by atoms with Crippen LogP contribution in [0.5, 0.6) is 0 Å². The number of aliphatic imine (C=N–C) groups is 4. The molecule has 466 valence electrons. The molecule has 4 unspecified atom stereocenters. The average molecular weight is 1360 g/mol. The van der Waals surface area contributed by atoms with Crippen molar-refractivity contribution >= 4 is 59.1 Å². The quantitative estimate of drug-likeness (QED) is 0.0864.